The van der Waals surface area contributed by atoms with Crippen LogP contribution in [0.25, 0.3) is 0 Å². The summed E-state index contributed by atoms with van der Waals surface area (Å²) in [5, 5.41) is 8.90. The van der Waals surface area contributed by atoms with Crippen LogP contribution in [0.15, 0.2) is 11.6 Å². The van der Waals surface area contributed by atoms with Gasteiger partial charge in [-0.05, 0) is 25.2 Å². The highest BCUT2D eigenvalue weighted by Gasteiger charge is 2.25. The number of thiazole rings is 1. The van der Waals surface area contributed by atoms with E-state index in [9.17, 15) is 4.79 Å². The summed E-state index contributed by atoms with van der Waals surface area (Å²) in [7, 11) is 0. The summed E-state index contributed by atoms with van der Waals surface area (Å²) in [6.45, 7) is 4.31. The minimum absolute atomic E-state index is 0.0359. The number of aromatic nitrogens is 1. The summed E-state index contributed by atoms with van der Waals surface area (Å²) < 4.78 is 0. The molecule has 1 aromatic rings. The van der Waals surface area contributed by atoms with E-state index in [2.05, 4.69) is 29.5 Å². The van der Waals surface area contributed by atoms with Crippen molar-refractivity contribution >= 4 is 17.4 Å². The van der Waals surface area contributed by atoms with E-state index in [1.807, 2.05) is 5.38 Å². The van der Waals surface area contributed by atoms with Gasteiger partial charge >= 0.3 is 6.03 Å². The fraction of sp³-hybridized carbons (Fsp3) is 0.667. The molecule has 1 aliphatic carbocycles. The summed E-state index contributed by atoms with van der Waals surface area (Å²) in [6.07, 6.45) is 4.93. The third kappa shape index (κ3) is 4.00. The predicted octanol–water partition coefficient (Wildman–Crippen LogP) is 2.69. The lowest BCUT2D eigenvalue weighted by Gasteiger charge is -2.18. The number of rotatable bonds is 5. The Labute approximate surface area is 106 Å². The Morgan fingerprint density at radius 1 is 1.59 bits per heavy atom. The van der Waals surface area contributed by atoms with E-state index in [4.69, 9.17) is 0 Å². The minimum atomic E-state index is -0.0617. The summed E-state index contributed by atoms with van der Waals surface area (Å²) in [5.74, 6) is 0.533. The van der Waals surface area contributed by atoms with Gasteiger partial charge < -0.3 is 10.6 Å². The monoisotopic (exact) mass is 253 g/mol. The fourth-order valence-electron chi connectivity index (χ4n) is 1.71. The lowest BCUT2D eigenvalue weighted by molar-refractivity contribution is 0.234. The Hall–Kier alpha value is -1.10. The first-order valence-electron chi connectivity index (χ1n) is 6.11. The molecule has 0 aromatic carbocycles. The highest BCUT2D eigenvalue weighted by molar-refractivity contribution is 7.09. The standard InChI is InChI=1S/C12H19N3OS/c1-8(2)7-10(11-13-5-6-17-11)15-12(16)14-9-3-4-9/h5-6,8-10H,3-4,7H2,1-2H3,(H2,14,15,16). The van der Waals surface area contributed by atoms with Crippen LogP contribution in [-0.4, -0.2) is 17.1 Å². The van der Waals surface area contributed by atoms with Gasteiger partial charge in [0, 0.05) is 17.6 Å². The van der Waals surface area contributed by atoms with Gasteiger partial charge in [0.2, 0.25) is 0 Å². The normalized spacial score (nSPS) is 16.9. The van der Waals surface area contributed by atoms with Crippen molar-refractivity contribution in [3.8, 4) is 0 Å². The molecule has 0 aliphatic heterocycles. The molecule has 0 saturated heterocycles. The molecule has 0 radical (unpaired) electrons. The summed E-state index contributed by atoms with van der Waals surface area (Å²) >= 11 is 1.60. The van der Waals surface area contributed by atoms with Gasteiger partial charge in [-0.15, -0.1) is 11.3 Å². The van der Waals surface area contributed by atoms with Crippen molar-refractivity contribution in [1.82, 2.24) is 15.6 Å². The number of urea groups is 1. The molecule has 2 rings (SSSR count). The Morgan fingerprint density at radius 3 is 2.88 bits per heavy atom. The third-order valence-electron chi connectivity index (χ3n) is 2.67. The number of carbonyl (C=O) groups is 1. The minimum Gasteiger partial charge on any atom is -0.335 e. The molecule has 0 spiro atoms. The highest BCUT2D eigenvalue weighted by atomic mass is 32.1. The first-order chi connectivity index (χ1) is 8.15. The lowest BCUT2D eigenvalue weighted by atomic mass is 10.0. The van der Waals surface area contributed by atoms with Crippen molar-refractivity contribution in [2.45, 2.75) is 45.2 Å². The number of hydrogen-bond acceptors (Lipinski definition) is 3. The van der Waals surface area contributed by atoms with E-state index >= 15 is 0 Å². The second-order valence-corrected chi connectivity index (χ2v) is 5.87. The average Bonchev–Trinajstić information content (AvgIpc) is 2.90. The zero-order valence-electron chi connectivity index (χ0n) is 10.3. The maximum Gasteiger partial charge on any atom is 0.315 e. The van der Waals surface area contributed by atoms with Crippen molar-refractivity contribution in [2.75, 3.05) is 0 Å². The maximum absolute atomic E-state index is 11.7. The van der Waals surface area contributed by atoms with Crippen LogP contribution >= 0.6 is 11.3 Å². The van der Waals surface area contributed by atoms with E-state index in [1.54, 1.807) is 17.5 Å². The molecule has 17 heavy (non-hydrogen) atoms. The van der Waals surface area contributed by atoms with Crippen LogP contribution in [0.4, 0.5) is 4.79 Å². The molecule has 1 fully saturated rings. The second-order valence-electron chi connectivity index (χ2n) is 4.94. The van der Waals surface area contributed by atoms with Crippen LogP contribution in [0.5, 0.6) is 0 Å². The fourth-order valence-corrected chi connectivity index (χ4v) is 2.41. The van der Waals surface area contributed by atoms with E-state index in [-0.39, 0.29) is 12.1 Å². The van der Waals surface area contributed by atoms with Crippen molar-refractivity contribution in [2.24, 2.45) is 5.92 Å². The third-order valence-corrected chi connectivity index (χ3v) is 3.56. The highest BCUT2D eigenvalue weighted by Crippen LogP contribution is 2.23. The SMILES string of the molecule is CC(C)CC(NC(=O)NC1CC1)c1nccs1. The molecule has 2 amide bonds. The van der Waals surface area contributed by atoms with Crippen molar-refractivity contribution in [3.63, 3.8) is 0 Å². The summed E-state index contributed by atoms with van der Waals surface area (Å²) in [5.41, 5.74) is 0. The number of nitrogens with zero attached hydrogens (tertiary/aromatic N) is 1. The zero-order valence-corrected chi connectivity index (χ0v) is 11.1. The van der Waals surface area contributed by atoms with Crippen molar-refractivity contribution < 1.29 is 4.79 Å². The van der Waals surface area contributed by atoms with Gasteiger partial charge in [-0.25, -0.2) is 9.78 Å². The summed E-state index contributed by atoms with van der Waals surface area (Å²) in [6, 6.07) is 0.369. The van der Waals surface area contributed by atoms with Gasteiger partial charge in [-0.3, -0.25) is 0 Å². The van der Waals surface area contributed by atoms with Crippen LogP contribution in [0.2, 0.25) is 0 Å². The van der Waals surface area contributed by atoms with Crippen LogP contribution in [-0.2, 0) is 0 Å². The Balaban J connectivity index is 1.92. The molecule has 1 aromatic heterocycles. The molecule has 1 heterocycles. The maximum atomic E-state index is 11.7. The Kier molecular flexibility index (Phi) is 3.99. The van der Waals surface area contributed by atoms with Crippen molar-refractivity contribution in [1.29, 1.82) is 0 Å². The lowest BCUT2D eigenvalue weighted by Crippen LogP contribution is -2.39. The molecule has 94 valence electrons. The smallest absolute Gasteiger partial charge is 0.315 e. The van der Waals surface area contributed by atoms with Crippen LogP contribution < -0.4 is 10.6 Å². The van der Waals surface area contributed by atoms with Crippen molar-refractivity contribution in [3.05, 3.63) is 16.6 Å². The molecular weight excluding hydrogens is 234 g/mol. The quantitative estimate of drug-likeness (QED) is 0.847. The van der Waals surface area contributed by atoms with Gasteiger partial charge in [0.25, 0.3) is 0 Å². The molecule has 2 N–H and O–H groups in total. The first-order valence-corrected chi connectivity index (χ1v) is 6.99. The Morgan fingerprint density at radius 2 is 2.35 bits per heavy atom. The number of carbonyl (C=O) groups excluding carboxylic acids is 1. The molecule has 1 atom stereocenters. The molecule has 5 heteroatoms. The molecule has 0 bridgehead atoms. The van der Waals surface area contributed by atoms with Crippen LogP contribution in [0.3, 0.4) is 0 Å². The second kappa shape index (κ2) is 5.49. The number of hydrogen-bond donors (Lipinski definition) is 2. The molecule has 4 nitrogen and oxygen atoms in total. The van der Waals surface area contributed by atoms with Gasteiger partial charge in [-0.2, -0.15) is 0 Å². The number of amides is 2. The molecule has 1 aliphatic rings. The molecular formula is C12H19N3OS. The van der Waals surface area contributed by atoms with E-state index in [1.165, 1.54) is 0 Å². The summed E-state index contributed by atoms with van der Waals surface area (Å²) in [4.78, 5) is 16.0. The largest absolute Gasteiger partial charge is 0.335 e. The predicted molar refractivity (Wildman–Crippen MR) is 69.0 cm³/mol. The van der Waals surface area contributed by atoms with Gasteiger partial charge in [0.05, 0.1) is 6.04 Å². The van der Waals surface area contributed by atoms with E-state index < -0.39 is 0 Å². The average molecular weight is 253 g/mol. The molecule has 1 unspecified atom stereocenters. The van der Waals surface area contributed by atoms with Gasteiger partial charge in [0.15, 0.2) is 0 Å². The van der Waals surface area contributed by atoms with Crippen LogP contribution in [0, 0.1) is 5.92 Å². The van der Waals surface area contributed by atoms with Crippen LogP contribution in [0.1, 0.15) is 44.2 Å². The Bertz CT molecular complexity index is 360. The van der Waals surface area contributed by atoms with E-state index in [0.29, 0.717) is 12.0 Å². The number of nitrogens with one attached hydrogen (secondary N) is 2. The van der Waals surface area contributed by atoms with Gasteiger partial charge in [0.1, 0.15) is 5.01 Å². The molecule has 1 saturated carbocycles. The van der Waals surface area contributed by atoms with E-state index in [0.717, 1.165) is 24.3 Å². The van der Waals surface area contributed by atoms with Gasteiger partial charge in [-0.1, -0.05) is 13.8 Å². The zero-order chi connectivity index (χ0) is 12.3. The first kappa shape index (κ1) is 12.4. The topological polar surface area (TPSA) is 54.0 Å².